The Morgan fingerprint density at radius 1 is 0.920 bits per heavy atom. The maximum atomic E-state index is 11.7. The third-order valence-electron chi connectivity index (χ3n) is 4.86. The summed E-state index contributed by atoms with van der Waals surface area (Å²) in [4.78, 5) is 11.7. The normalized spacial score (nSPS) is 11.2. The van der Waals surface area contributed by atoms with Gasteiger partial charge in [-0.2, -0.15) is 0 Å². The summed E-state index contributed by atoms with van der Waals surface area (Å²) in [5.41, 5.74) is 1.30. The molecule has 4 rings (SSSR count). The van der Waals surface area contributed by atoms with Crippen LogP contribution in [0.5, 0.6) is 0 Å². The van der Waals surface area contributed by atoms with Gasteiger partial charge in [-0.3, -0.25) is 4.79 Å². The molecular weight excluding hydrogens is 306 g/mol. The van der Waals surface area contributed by atoms with Crippen molar-refractivity contribution in [2.24, 2.45) is 0 Å². The number of rotatable bonds is 5. The molecule has 0 aliphatic heterocycles. The van der Waals surface area contributed by atoms with Crippen LogP contribution in [0.15, 0.2) is 54.6 Å². The number of hydrogen-bond acceptors (Lipinski definition) is 1. The number of hydrogen-bond donors (Lipinski definition) is 1. The number of benzene rings is 4. The van der Waals surface area contributed by atoms with Crippen molar-refractivity contribution in [1.29, 1.82) is 0 Å². The summed E-state index contributed by atoms with van der Waals surface area (Å²) in [7, 11) is 0. The Balaban J connectivity index is 1.68. The van der Waals surface area contributed by atoms with Gasteiger partial charge in [0.15, 0.2) is 0 Å². The number of amides is 1. The Labute approximate surface area is 147 Å². The minimum Gasteiger partial charge on any atom is -0.345 e. The van der Waals surface area contributed by atoms with E-state index in [0.717, 1.165) is 12.8 Å². The van der Waals surface area contributed by atoms with Crippen LogP contribution in [-0.4, -0.2) is 12.5 Å². The van der Waals surface area contributed by atoms with Crippen LogP contribution in [0.4, 0.5) is 0 Å². The van der Waals surface area contributed by atoms with E-state index in [4.69, 9.17) is 6.42 Å². The molecule has 122 valence electrons. The molecule has 0 aliphatic carbocycles. The van der Waals surface area contributed by atoms with Crippen molar-refractivity contribution in [2.75, 3.05) is 6.54 Å². The third-order valence-corrected chi connectivity index (χ3v) is 4.86. The molecule has 0 fully saturated rings. The standard InChI is InChI=1S/C23H19NO/c1-2-15-24-21(25)8-4-5-16-9-10-19-12-11-17-6-3-7-18-13-14-20(16)23(19)22(17)18/h1,3,6-7,9-14H,4-5,8,15H2,(H,24,25). The monoisotopic (exact) mass is 325 g/mol. The molecule has 1 amide bonds. The maximum absolute atomic E-state index is 11.7. The Morgan fingerprint density at radius 2 is 1.60 bits per heavy atom. The largest absolute Gasteiger partial charge is 0.345 e. The predicted molar refractivity (Wildman–Crippen MR) is 105 cm³/mol. The van der Waals surface area contributed by atoms with Gasteiger partial charge < -0.3 is 5.32 Å². The van der Waals surface area contributed by atoms with Crippen LogP contribution < -0.4 is 5.32 Å². The fourth-order valence-corrected chi connectivity index (χ4v) is 3.69. The molecule has 0 saturated carbocycles. The molecule has 0 saturated heterocycles. The first-order valence-electron chi connectivity index (χ1n) is 8.63. The summed E-state index contributed by atoms with van der Waals surface area (Å²) in [6, 6.07) is 19.7. The van der Waals surface area contributed by atoms with Crippen molar-refractivity contribution in [3.8, 4) is 12.3 Å². The van der Waals surface area contributed by atoms with E-state index >= 15 is 0 Å². The van der Waals surface area contributed by atoms with Crippen LogP contribution >= 0.6 is 0 Å². The van der Waals surface area contributed by atoms with Crippen LogP contribution in [0.2, 0.25) is 0 Å². The molecular formula is C23H19NO. The SMILES string of the molecule is C#CCNC(=O)CCCc1ccc2ccc3cccc4ccc1c2c34. The Morgan fingerprint density at radius 3 is 2.36 bits per heavy atom. The zero-order valence-electron chi connectivity index (χ0n) is 14.0. The van der Waals surface area contributed by atoms with Crippen molar-refractivity contribution >= 4 is 38.2 Å². The Hall–Kier alpha value is -3.05. The first-order valence-corrected chi connectivity index (χ1v) is 8.63. The number of nitrogens with one attached hydrogen (secondary N) is 1. The average molecular weight is 325 g/mol. The lowest BCUT2D eigenvalue weighted by molar-refractivity contribution is -0.120. The molecule has 4 aromatic carbocycles. The van der Waals surface area contributed by atoms with Crippen LogP contribution in [-0.2, 0) is 11.2 Å². The van der Waals surface area contributed by atoms with E-state index in [-0.39, 0.29) is 5.91 Å². The van der Waals surface area contributed by atoms with Gasteiger partial charge in [-0.05, 0) is 50.7 Å². The van der Waals surface area contributed by atoms with E-state index in [1.165, 1.54) is 37.9 Å². The van der Waals surface area contributed by atoms with Crippen molar-refractivity contribution < 1.29 is 4.79 Å². The highest BCUT2D eigenvalue weighted by Crippen LogP contribution is 2.36. The van der Waals surface area contributed by atoms with E-state index in [1.807, 2.05) is 0 Å². The number of carbonyl (C=O) groups is 1. The predicted octanol–water partition coefficient (Wildman–Crippen LogP) is 4.66. The maximum Gasteiger partial charge on any atom is 0.220 e. The van der Waals surface area contributed by atoms with E-state index in [1.54, 1.807) is 0 Å². The van der Waals surface area contributed by atoms with E-state index in [0.29, 0.717) is 13.0 Å². The van der Waals surface area contributed by atoms with Gasteiger partial charge in [0.05, 0.1) is 6.54 Å². The summed E-state index contributed by atoms with van der Waals surface area (Å²) in [5.74, 6) is 2.45. The lowest BCUT2D eigenvalue weighted by Gasteiger charge is -2.13. The second kappa shape index (κ2) is 6.45. The number of carbonyl (C=O) groups excluding carboxylic acids is 1. The molecule has 25 heavy (non-hydrogen) atoms. The third kappa shape index (κ3) is 2.79. The molecule has 0 aromatic heterocycles. The molecule has 2 nitrogen and oxygen atoms in total. The molecule has 2 heteroatoms. The second-order valence-corrected chi connectivity index (χ2v) is 6.42. The number of aryl methyl sites for hydroxylation is 1. The molecule has 0 radical (unpaired) electrons. The average Bonchev–Trinajstić information content (AvgIpc) is 2.65. The summed E-state index contributed by atoms with van der Waals surface area (Å²) in [6.45, 7) is 0.303. The minimum absolute atomic E-state index is 0.0238. The highest BCUT2D eigenvalue weighted by molar-refractivity contribution is 6.23. The van der Waals surface area contributed by atoms with E-state index in [9.17, 15) is 4.79 Å². The molecule has 0 atom stereocenters. The van der Waals surface area contributed by atoms with Crippen molar-refractivity contribution in [1.82, 2.24) is 5.32 Å². The van der Waals surface area contributed by atoms with Gasteiger partial charge in [-0.25, -0.2) is 0 Å². The van der Waals surface area contributed by atoms with Gasteiger partial charge in [0.1, 0.15) is 0 Å². The molecule has 0 spiro atoms. The summed E-state index contributed by atoms with van der Waals surface area (Å²) >= 11 is 0. The van der Waals surface area contributed by atoms with Gasteiger partial charge >= 0.3 is 0 Å². The minimum atomic E-state index is 0.0238. The lowest BCUT2D eigenvalue weighted by atomic mass is 9.90. The van der Waals surface area contributed by atoms with Gasteiger partial charge in [-0.15, -0.1) is 6.42 Å². The van der Waals surface area contributed by atoms with Crippen molar-refractivity contribution in [2.45, 2.75) is 19.3 Å². The van der Waals surface area contributed by atoms with Gasteiger partial charge in [0, 0.05) is 6.42 Å². The van der Waals surface area contributed by atoms with Crippen LogP contribution in [0.1, 0.15) is 18.4 Å². The topological polar surface area (TPSA) is 29.1 Å². The van der Waals surface area contributed by atoms with Gasteiger partial charge in [0.25, 0.3) is 0 Å². The van der Waals surface area contributed by atoms with Crippen molar-refractivity contribution in [3.05, 3.63) is 60.2 Å². The molecule has 1 N–H and O–H groups in total. The molecule has 0 unspecified atom stereocenters. The number of terminal acetylenes is 1. The molecule has 0 aliphatic rings. The lowest BCUT2D eigenvalue weighted by Crippen LogP contribution is -2.23. The van der Waals surface area contributed by atoms with Crippen LogP contribution in [0.3, 0.4) is 0 Å². The molecule has 0 bridgehead atoms. The van der Waals surface area contributed by atoms with E-state index < -0.39 is 0 Å². The smallest absolute Gasteiger partial charge is 0.220 e. The van der Waals surface area contributed by atoms with Crippen LogP contribution in [0.25, 0.3) is 32.3 Å². The Bertz CT molecular complexity index is 1090. The van der Waals surface area contributed by atoms with Crippen molar-refractivity contribution in [3.63, 3.8) is 0 Å². The second-order valence-electron chi connectivity index (χ2n) is 6.42. The summed E-state index contributed by atoms with van der Waals surface area (Å²) in [6.07, 6.45) is 7.38. The quantitative estimate of drug-likeness (QED) is 0.420. The zero-order chi connectivity index (χ0) is 17.2. The first kappa shape index (κ1) is 15.5. The van der Waals surface area contributed by atoms with Gasteiger partial charge in [0.2, 0.25) is 5.91 Å². The Kier molecular flexibility index (Phi) is 3.99. The molecule has 4 aromatic rings. The van der Waals surface area contributed by atoms with E-state index in [2.05, 4.69) is 65.8 Å². The summed E-state index contributed by atoms with van der Waals surface area (Å²) in [5, 5.41) is 10.5. The first-order chi connectivity index (χ1) is 12.3. The highest BCUT2D eigenvalue weighted by atomic mass is 16.1. The fourth-order valence-electron chi connectivity index (χ4n) is 3.69. The van der Waals surface area contributed by atoms with Crippen LogP contribution in [0, 0.1) is 12.3 Å². The fraction of sp³-hybridized carbons (Fsp3) is 0.174. The van der Waals surface area contributed by atoms with Gasteiger partial charge in [-0.1, -0.05) is 60.5 Å². The highest BCUT2D eigenvalue weighted by Gasteiger charge is 2.10. The molecule has 0 heterocycles. The zero-order valence-corrected chi connectivity index (χ0v) is 14.0. The summed E-state index contributed by atoms with van der Waals surface area (Å²) < 4.78 is 0.